The number of ether oxygens (including phenoxy) is 1. The third-order valence-corrected chi connectivity index (χ3v) is 3.51. The van der Waals surface area contributed by atoms with Crippen molar-refractivity contribution in [1.29, 1.82) is 0 Å². The van der Waals surface area contributed by atoms with Gasteiger partial charge in [-0.3, -0.25) is 0 Å². The minimum atomic E-state index is 0.305. The third-order valence-electron chi connectivity index (χ3n) is 3.51. The summed E-state index contributed by atoms with van der Waals surface area (Å²) < 4.78 is 5.95. The van der Waals surface area contributed by atoms with Gasteiger partial charge in [0.05, 0.1) is 6.10 Å². The van der Waals surface area contributed by atoms with Gasteiger partial charge >= 0.3 is 0 Å². The van der Waals surface area contributed by atoms with Gasteiger partial charge in [-0.05, 0) is 31.1 Å². The lowest BCUT2D eigenvalue weighted by molar-refractivity contribution is 0.0930. The maximum atomic E-state index is 5.95. The van der Waals surface area contributed by atoms with Crippen LogP contribution in [0.4, 0.5) is 0 Å². The van der Waals surface area contributed by atoms with Gasteiger partial charge in [0.1, 0.15) is 0 Å². The molecule has 0 unspecified atom stereocenters. The van der Waals surface area contributed by atoms with Crippen molar-refractivity contribution in [3.05, 3.63) is 13.0 Å². The van der Waals surface area contributed by atoms with Gasteiger partial charge in [0, 0.05) is 6.61 Å². The maximum absolute atomic E-state index is 5.95. The summed E-state index contributed by atoms with van der Waals surface area (Å²) in [6, 6.07) is 0. The molecule has 1 nitrogen and oxygen atoms in total. The van der Waals surface area contributed by atoms with Gasteiger partial charge < -0.3 is 4.74 Å². The summed E-state index contributed by atoms with van der Waals surface area (Å²) in [4.78, 5) is 0. The molecule has 16 heavy (non-hydrogen) atoms. The Labute approximate surface area is 102 Å². The second-order valence-corrected chi connectivity index (χ2v) is 5.85. The lowest BCUT2D eigenvalue weighted by atomic mass is 9.83. The number of hydrogen-bond acceptors (Lipinski definition) is 1. The van der Waals surface area contributed by atoms with Crippen LogP contribution in [0.1, 0.15) is 71.6 Å². The van der Waals surface area contributed by atoms with Gasteiger partial charge in [-0.15, -0.1) is 0 Å². The van der Waals surface area contributed by atoms with Crippen LogP contribution >= 0.6 is 0 Å². The predicted molar refractivity (Wildman–Crippen MR) is 69.9 cm³/mol. The van der Waals surface area contributed by atoms with Crippen molar-refractivity contribution < 1.29 is 4.74 Å². The summed E-state index contributed by atoms with van der Waals surface area (Å²) in [6.07, 6.45) is 12.6. The van der Waals surface area contributed by atoms with E-state index in [4.69, 9.17) is 4.74 Å². The predicted octanol–water partition coefficient (Wildman–Crippen LogP) is 4.92. The second-order valence-electron chi connectivity index (χ2n) is 5.85. The molecule has 0 atom stereocenters. The Hall–Kier alpha value is -0.0400. The minimum Gasteiger partial charge on any atom is -0.372 e. The molecule has 1 fully saturated rings. The highest BCUT2D eigenvalue weighted by molar-refractivity contribution is 4.87. The molecule has 0 aliphatic carbocycles. The molecule has 0 spiro atoms. The van der Waals surface area contributed by atoms with Crippen molar-refractivity contribution >= 4 is 0 Å². The molecular weight excluding hydrogens is 196 g/mol. The molecule has 0 N–H and O–H groups in total. The Kier molecular flexibility index (Phi) is 6.41. The van der Waals surface area contributed by atoms with Crippen LogP contribution in [0.25, 0.3) is 0 Å². The topological polar surface area (TPSA) is 9.23 Å². The number of rotatable bonds is 3. The molecule has 1 aliphatic rings. The van der Waals surface area contributed by atoms with Crippen molar-refractivity contribution in [1.82, 2.24) is 0 Å². The van der Waals surface area contributed by atoms with Crippen LogP contribution in [0.15, 0.2) is 0 Å². The van der Waals surface area contributed by atoms with E-state index in [1.807, 2.05) is 0 Å². The van der Waals surface area contributed by atoms with Crippen LogP contribution in [-0.4, -0.2) is 6.61 Å². The second kappa shape index (κ2) is 7.32. The first-order chi connectivity index (χ1) is 7.64. The van der Waals surface area contributed by atoms with E-state index >= 15 is 0 Å². The zero-order valence-electron chi connectivity index (χ0n) is 11.2. The highest BCUT2D eigenvalue weighted by atomic mass is 16.5. The lowest BCUT2D eigenvalue weighted by Crippen LogP contribution is -2.18. The third kappa shape index (κ3) is 5.89. The average molecular weight is 224 g/mol. The summed E-state index contributed by atoms with van der Waals surface area (Å²) in [6.45, 7) is 9.54. The molecule has 0 amide bonds. The SMILES string of the molecule is [CH2]CC(C)(C)C[C]1CCCCCCCCO1. The fourth-order valence-corrected chi connectivity index (χ4v) is 2.18. The Morgan fingerprint density at radius 1 is 1.06 bits per heavy atom. The molecule has 0 bridgehead atoms. The van der Waals surface area contributed by atoms with Crippen molar-refractivity contribution in [2.24, 2.45) is 5.41 Å². The van der Waals surface area contributed by atoms with Crippen molar-refractivity contribution in [3.63, 3.8) is 0 Å². The van der Waals surface area contributed by atoms with Crippen LogP contribution in [-0.2, 0) is 4.74 Å². The molecule has 0 saturated carbocycles. The van der Waals surface area contributed by atoms with Crippen LogP contribution in [0.5, 0.6) is 0 Å². The van der Waals surface area contributed by atoms with Gasteiger partial charge in [-0.2, -0.15) is 0 Å². The fourth-order valence-electron chi connectivity index (χ4n) is 2.18. The van der Waals surface area contributed by atoms with Crippen molar-refractivity contribution in [2.75, 3.05) is 6.61 Å². The monoisotopic (exact) mass is 224 g/mol. The van der Waals surface area contributed by atoms with Gasteiger partial charge in [-0.1, -0.05) is 52.9 Å². The molecule has 1 rings (SSSR count). The Balaban J connectivity index is 2.35. The smallest absolute Gasteiger partial charge is 0.0976 e. The average Bonchev–Trinajstić information content (AvgIpc) is 2.27. The molecule has 2 radical (unpaired) electrons. The van der Waals surface area contributed by atoms with E-state index in [2.05, 4.69) is 20.8 Å². The summed E-state index contributed by atoms with van der Waals surface area (Å²) in [5.74, 6) is 0. The molecule has 1 aliphatic heterocycles. The first-order valence-electron chi connectivity index (χ1n) is 6.91. The van der Waals surface area contributed by atoms with E-state index in [0.29, 0.717) is 5.41 Å². The van der Waals surface area contributed by atoms with Crippen molar-refractivity contribution in [3.8, 4) is 0 Å². The van der Waals surface area contributed by atoms with Crippen molar-refractivity contribution in [2.45, 2.75) is 71.6 Å². The van der Waals surface area contributed by atoms with Gasteiger partial charge in [0.25, 0.3) is 0 Å². The molecule has 1 heterocycles. The first-order valence-corrected chi connectivity index (χ1v) is 6.91. The van der Waals surface area contributed by atoms with Crippen LogP contribution in [0.3, 0.4) is 0 Å². The van der Waals surface area contributed by atoms with E-state index in [0.717, 1.165) is 19.4 Å². The van der Waals surface area contributed by atoms with Gasteiger partial charge in [0.2, 0.25) is 0 Å². The maximum Gasteiger partial charge on any atom is 0.0976 e. The van der Waals surface area contributed by atoms with Gasteiger partial charge in [0.15, 0.2) is 0 Å². The van der Waals surface area contributed by atoms with Crippen LogP contribution in [0, 0.1) is 18.4 Å². The fraction of sp³-hybridized carbons (Fsp3) is 0.867. The van der Waals surface area contributed by atoms with E-state index in [1.54, 1.807) is 0 Å². The largest absolute Gasteiger partial charge is 0.372 e. The molecular formula is C15H28O. The molecule has 1 heteroatoms. The highest BCUT2D eigenvalue weighted by Crippen LogP contribution is 2.33. The molecule has 0 aromatic carbocycles. The molecule has 1 saturated heterocycles. The Bertz CT molecular complexity index is 164. The number of hydrogen-bond donors (Lipinski definition) is 0. The van der Waals surface area contributed by atoms with E-state index in [9.17, 15) is 0 Å². The van der Waals surface area contributed by atoms with E-state index in [-0.39, 0.29) is 0 Å². The first kappa shape index (κ1) is 14.0. The lowest BCUT2D eigenvalue weighted by Gasteiger charge is -2.28. The normalized spacial score (nSPS) is 21.9. The summed E-state index contributed by atoms with van der Waals surface area (Å²) >= 11 is 0. The standard InChI is InChI=1S/C15H28O/c1-4-15(2,3)13-14-11-9-7-5-6-8-10-12-16-14/h1,4-13H2,2-3H3. The summed E-state index contributed by atoms with van der Waals surface area (Å²) in [5, 5.41) is 0. The summed E-state index contributed by atoms with van der Waals surface area (Å²) in [5.41, 5.74) is 0.305. The molecule has 0 aromatic heterocycles. The quantitative estimate of drug-likeness (QED) is 0.661. The Morgan fingerprint density at radius 3 is 2.38 bits per heavy atom. The van der Waals surface area contributed by atoms with E-state index < -0.39 is 0 Å². The molecule has 94 valence electrons. The van der Waals surface area contributed by atoms with E-state index in [1.165, 1.54) is 51.0 Å². The van der Waals surface area contributed by atoms with Crippen LogP contribution < -0.4 is 0 Å². The summed E-state index contributed by atoms with van der Waals surface area (Å²) in [7, 11) is 0. The van der Waals surface area contributed by atoms with Gasteiger partial charge in [-0.25, -0.2) is 0 Å². The minimum absolute atomic E-state index is 0.305. The van der Waals surface area contributed by atoms with Crippen LogP contribution in [0.2, 0.25) is 0 Å². The zero-order valence-corrected chi connectivity index (χ0v) is 11.2. The zero-order chi connectivity index (χ0) is 11.9. The Morgan fingerprint density at radius 2 is 1.69 bits per heavy atom. The highest BCUT2D eigenvalue weighted by Gasteiger charge is 2.23. The molecule has 0 aromatic rings.